The minimum atomic E-state index is -2.97. The molecule has 0 saturated heterocycles. The van der Waals surface area contributed by atoms with Crippen molar-refractivity contribution in [1.82, 2.24) is 14.6 Å². The highest BCUT2D eigenvalue weighted by Gasteiger charge is 2.11. The first-order valence-electron chi connectivity index (χ1n) is 6.38. The monoisotopic (exact) mass is 308 g/mol. The van der Waals surface area contributed by atoms with Gasteiger partial charge in [-0.05, 0) is 18.2 Å². The number of halogens is 3. The number of rotatable bonds is 5. The summed E-state index contributed by atoms with van der Waals surface area (Å²) in [6.07, 6.45) is 4.87. The van der Waals surface area contributed by atoms with E-state index < -0.39 is 12.4 Å². The number of nitrogens with zero attached hydrogens (tertiary/aromatic N) is 3. The molecule has 22 heavy (non-hydrogen) atoms. The molecule has 0 saturated carbocycles. The zero-order valence-electron chi connectivity index (χ0n) is 11.2. The summed E-state index contributed by atoms with van der Waals surface area (Å²) in [5.41, 5.74) is 1.57. The van der Waals surface area contributed by atoms with Crippen molar-refractivity contribution in [3.63, 3.8) is 0 Å². The van der Waals surface area contributed by atoms with E-state index in [0.717, 1.165) is 12.1 Å². The molecule has 1 aromatic carbocycles. The van der Waals surface area contributed by atoms with Gasteiger partial charge in [-0.3, -0.25) is 0 Å². The van der Waals surface area contributed by atoms with Crippen molar-refractivity contribution in [2.24, 2.45) is 0 Å². The average Bonchev–Trinajstić information content (AvgIpc) is 2.94. The first-order valence-corrected chi connectivity index (χ1v) is 6.38. The molecule has 1 N–H and O–H groups in total. The maximum Gasteiger partial charge on any atom is 0.387 e. The zero-order valence-corrected chi connectivity index (χ0v) is 11.2. The molecule has 2 heterocycles. The molecule has 0 bridgehead atoms. The molecule has 0 aliphatic heterocycles. The minimum absolute atomic E-state index is 0.0722. The molecule has 0 aliphatic rings. The summed E-state index contributed by atoms with van der Waals surface area (Å²) in [5, 5.41) is 7.00. The van der Waals surface area contributed by atoms with Gasteiger partial charge in [0.2, 0.25) is 0 Å². The minimum Gasteiger partial charge on any atom is -0.434 e. The Morgan fingerprint density at radius 2 is 2.14 bits per heavy atom. The molecule has 2 aromatic heterocycles. The molecule has 114 valence electrons. The normalized spacial score (nSPS) is 11.1. The van der Waals surface area contributed by atoms with E-state index in [2.05, 4.69) is 20.1 Å². The van der Waals surface area contributed by atoms with Gasteiger partial charge in [0.1, 0.15) is 11.6 Å². The van der Waals surface area contributed by atoms with Crippen molar-refractivity contribution in [3.8, 4) is 5.75 Å². The van der Waals surface area contributed by atoms with Crippen LogP contribution in [0.5, 0.6) is 5.75 Å². The molecule has 0 fully saturated rings. The molecule has 3 rings (SSSR count). The van der Waals surface area contributed by atoms with E-state index in [1.54, 1.807) is 29.2 Å². The van der Waals surface area contributed by atoms with Crippen LogP contribution in [0.2, 0.25) is 0 Å². The fourth-order valence-electron chi connectivity index (χ4n) is 2.00. The van der Waals surface area contributed by atoms with Gasteiger partial charge in [0, 0.05) is 18.2 Å². The Bertz CT molecular complexity index is 791. The predicted molar refractivity (Wildman–Crippen MR) is 73.3 cm³/mol. The third-order valence-corrected chi connectivity index (χ3v) is 2.97. The summed E-state index contributed by atoms with van der Waals surface area (Å²) in [6.45, 7) is -2.86. The van der Waals surface area contributed by atoms with Crippen LogP contribution in [-0.2, 0) is 6.54 Å². The highest BCUT2D eigenvalue weighted by Crippen LogP contribution is 2.23. The smallest absolute Gasteiger partial charge is 0.387 e. The van der Waals surface area contributed by atoms with Gasteiger partial charge in [-0.15, -0.1) is 0 Å². The fourth-order valence-corrected chi connectivity index (χ4v) is 2.00. The summed E-state index contributed by atoms with van der Waals surface area (Å²) < 4.78 is 43.9. The van der Waals surface area contributed by atoms with Gasteiger partial charge in [0.05, 0.1) is 24.3 Å². The molecular formula is C14H11F3N4O. The Labute approximate surface area is 123 Å². The standard InChI is InChI=1S/C14H11F3N4O/c15-10-1-2-12(22-14(16)17)9(5-10)6-18-11-7-19-13-3-4-20-21(13)8-11/h1-5,7-8,14,18H,6H2. The quantitative estimate of drug-likeness (QED) is 0.787. The number of hydrogen-bond donors (Lipinski definition) is 1. The Morgan fingerprint density at radius 1 is 1.27 bits per heavy atom. The maximum atomic E-state index is 13.3. The third-order valence-electron chi connectivity index (χ3n) is 2.97. The number of ether oxygens (including phenoxy) is 1. The number of alkyl halides is 2. The Balaban J connectivity index is 1.78. The number of nitrogens with one attached hydrogen (secondary N) is 1. The van der Waals surface area contributed by atoms with Crippen LogP contribution in [0.3, 0.4) is 0 Å². The Morgan fingerprint density at radius 3 is 2.95 bits per heavy atom. The van der Waals surface area contributed by atoms with Crippen LogP contribution in [0.4, 0.5) is 18.9 Å². The molecular weight excluding hydrogens is 297 g/mol. The van der Waals surface area contributed by atoms with Gasteiger partial charge in [0.25, 0.3) is 0 Å². The maximum absolute atomic E-state index is 13.3. The van der Waals surface area contributed by atoms with Crippen molar-refractivity contribution >= 4 is 11.3 Å². The number of fused-ring (bicyclic) bond motifs is 1. The predicted octanol–water partition coefficient (Wildman–Crippen LogP) is 3.08. The van der Waals surface area contributed by atoms with Crippen molar-refractivity contribution in [3.05, 3.63) is 54.2 Å². The molecule has 5 nitrogen and oxygen atoms in total. The number of aromatic nitrogens is 3. The van der Waals surface area contributed by atoms with Crippen LogP contribution in [0.25, 0.3) is 5.65 Å². The average molecular weight is 308 g/mol. The topological polar surface area (TPSA) is 51.5 Å². The van der Waals surface area contributed by atoms with Crippen LogP contribution < -0.4 is 10.1 Å². The van der Waals surface area contributed by atoms with E-state index in [1.807, 2.05) is 0 Å². The second-order valence-corrected chi connectivity index (χ2v) is 4.46. The molecule has 0 radical (unpaired) electrons. The third kappa shape index (κ3) is 3.11. The highest BCUT2D eigenvalue weighted by atomic mass is 19.3. The van der Waals surface area contributed by atoms with Gasteiger partial charge in [-0.1, -0.05) is 0 Å². The van der Waals surface area contributed by atoms with Gasteiger partial charge >= 0.3 is 6.61 Å². The molecule has 0 aliphatic carbocycles. The van der Waals surface area contributed by atoms with Crippen LogP contribution in [0, 0.1) is 5.82 Å². The van der Waals surface area contributed by atoms with E-state index >= 15 is 0 Å². The SMILES string of the molecule is Fc1ccc(OC(F)F)c(CNc2cnc3ccnn3c2)c1. The molecule has 8 heteroatoms. The van der Waals surface area contributed by atoms with Crippen molar-refractivity contribution < 1.29 is 17.9 Å². The van der Waals surface area contributed by atoms with Crippen molar-refractivity contribution in [1.29, 1.82) is 0 Å². The van der Waals surface area contributed by atoms with Crippen LogP contribution in [-0.4, -0.2) is 21.2 Å². The van der Waals surface area contributed by atoms with Crippen LogP contribution in [0.1, 0.15) is 5.56 Å². The molecule has 0 amide bonds. The fraction of sp³-hybridized carbons (Fsp3) is 0.143. The van der Waals surface area contributed by atoms with E-state index in [0.29, 0.717) is 11.3 Å². The molecule has 0 spiro atoms. The van der Waals surface area contributed by atoms with E-state index in [4.69, 9.17) is 0 Å². The lowest BCUT2D eigenvalue weighted by Gasteiger charge is -2.12. The molecule has 0 atom stereocenters. The van der Waals surface area contributed by atoms with Crippen molar-refractivity contribution in [2.75, 3.05) is 5.32 Å². The summed E-state index contributed by atoms with van der Waals surface area (Å²) in [7, 11) is 0. The summed E-state index contributed by atoms with van der Waals surface area (Å²) in [5.74, 6) is -0.601. The Hall–Kier alpha value is -2.77. The first-order chi connectivity index (χ1) is 10.6. The number of anilines is 1. The molecule has 0 unspecified atom stereocenters. The highest BCUT2D eigenvalue weighted by molar-refractivity contribution is 5.47. The molecule has 3 aromatic rings. The van der Waals surface area contributed by atoms with Crippen LogP contribution >= 0.6 is 0 Å². The first kappa shape index (κ1) is 14.2. The van der Waals surface area contributed by atoms with Crippen LogP contribution in [0.15, 0.2) is 42.9 Å². The van der Waals surface area contributed by atoms with E-state index in [9.17, 15) is 13.2 Å². The van der Waals surface area contributed by atoms with Gasteiger partial charge in [-0.25, -0.2) is 13.9 Å². The second-order valence-electron chi connectivity index (χ2n) is 4.46. The number of hydrogen-bond acceptors (Lipinski definition) is 4. The Kier molecular flexibility index (Phi) is 3.82. The summed E-state index contributed by atoms with van der Waals surface area (Å²) in [4.78, 5) is 4.15. The number of benzene rings is 1. The van der Waals surface area contributed by atoms with E-state index in [-0.39, 0.29) is 17.9 Å². The van der Waals surface area contributed by atoms with Crippen molar-refractivity contribution in [2.45, 2.75) is 13.2 Å². The zero-order chi connectivity index (χ0) is 15.5. The summed E-state index contributed by atoms with van der Waals surface area (Å²) >= 11 is 0. The van der Waals surface area contributed by atoms with Gasteiger partial charge in [-0.2, -0.15) is 13.9 Å². The lowest BCUT2D eigenvalue weighted by atomic mass is 10.2. The second kappa shape index (κ2) is 5.92. The summed E-state index contributed by atoms with van der Waals surface area (Å²) in [6, 6.07) is 5.13. The van der Waals surface area contributed by atoms with Gasteiger partial charge < -0.3 is 10.1 Å². The lowest BCUT2D eigenvalue weighted by Crippen LogP contribution is -2.08. The van der Waals surface area contributed by atoms with E-state index in [1.165, 1.54) is 6.07 Å². The largest absolute Gasteiger partial charge is 0.434 e. The van der Waals surface area contributed by atoms with Gasteiger partial charge in [0.15, 0.2) is 5.65 Å². The lowest BCUT2D eigenvalue weighted by molar-refractivity contribution is -0.0504.